The fraction of sp³-hybridized carbons (Fsp3) is 0.481. The molecule has 2 amide bonds. The normalized spacial score (nSPS) is 12.4. The molecule has 0 spiro atoms. The lowest BCUT2D eigenvalue weighted by molar-refractivity contribution is -0.139. The molecule has 0 aromatic heterocycles. The zero-order valence-corrected chi connectivity index (χ0v) is 23.1. The van der Waals surface area contributed by atoms with Gasteiger partial charge >= 0.3 is 0 Å². The van der Waals surface area contributed by atoms with E-state index in [1.54, 1.807) is 38.3 Å². The molecule has 9 heteroatoms. The van der Waals surface area contributed by atoms with Gasteiger partial charge in [0.2, 0.25) is 21.8 Å². The van der Waals surface area contributed by atoms with Crippen molar-refractivity contribution in [3.05, 3.63) is 59.7 Å². The summed E-state index contributed by atoms with van der Waals surface area (Å²) in [5.74, 6) is 0.445. The van der Waals surface area contributed by atoms with Crippen molar-refractivity contribution in [2.24, 2.45) is 5.92 Å². The predicted octanol–water partition coefficient (Wildman–Crippen LogP) is 3.77. The van der Waals surface area contributed by atoms with Crippen LogP contribution in [0.4, 0.5) is 5.69 Å². The van der Waals surface area contributed by atoms with Gasteiger partial charge in [0, 0.05) is 13.1 Å². The Balaban J connectivity index is 2.36. The number of nitrogens with zero attached hydrogens (tertiary/aromatic N) is 2. The van der Waals surface area contributed by atoms with E-state index >= 15 is 0 Å². The summed E-state index contributed by atoms with van der Waals surface area (Å²) < 4.78 is 31.6. The van der Waals surface area contributed by atoms with E-state index in [-0.39, 0.29) is 24.3 Å². The Morgan fingerprint density at radius 1 is 0.944 bits per heavy atom. The molecular formula is C27H39N3O5S. The van der Waals surface area contributed by atoms with Gasteiger partial charge in [0.25, 0.3) is 0 Å². The molecule has 0 saturated heterocycles. The van der Waals surface area contributed by atoms with E-state index in [0.29, 0.717) is 18.0 Å². The Morgan fingerprint density at radius 3 is 2.00 bits per heavy atom. The van der Waals surface area contributed by atoms with E-state index in [1.165, 1.54) is 4.90 Å². The summed E-state index contributed by atoms with van der Waals surface area (Å²) in [6, 6.07) is 13.5. The second-order valence-electron chi connectivity index (χ2n) is 9.70. The van der Waals surface area contributed by atoms with Crippen LogP contribution in [0.5, 0.6) is 5.75 Å². The topological polar surface area (TPSA) is 96.0 Å². The van der Waals surface area contributed by atoms with Gasteiger partial charge in [-0.1, -0.05) is 52.0 Å². The molecule has 198 valence electrons. The number of hydrogen-bond donors (Lipinski definition) is 1. The number of rotatable bonds is 12. The zero-order valence-electron chi connectivity index (χ0n) is 22.3. The molecule has 8 nitrogen and oxygen atoms in total. The molecule has 0 unspecified atom stereocenters. The zero-order chi connectivity index (χ0) is 27.0. The van der Waals surface area contributed by atoms with Crippen molar-refractivity contribution >= 4 is 27.5 Å². The largest absolute Gasteiger partial charge is 0.497 e. The Morgan fingerprint density at radius 2 is 1.53 bits per heavy atom. The highest BCUT2D eigenvalue weighted by Gasteiger charge is 2.30. The summed E-state index contributed by atoms with van der Waals surface area (Å²) in [5.41, 5.74) is 2.26. The average Bonchev–Trinajstić information content (AvgIpc) is 2.83. The number of nitrogens with one attached hydrogen (secondary N) is 1. The Kier molecular flexibility index (Phi) is 10.3. The van der Waals surface area contributed by atoms with Gasteiger partial charge in [-0.05, 0) is 54.2 Å². The quantitative estimate of drug-likeness (QED) is 0.462. The number of ether oxygens (including phenoxy) is 1. The van der Waals surface area contributed by atoms with Crippen LogP contribution < -0.4 is 14.4 Å². The van der Waals surface area contributed by atoms with E-state index in [0.717, 1.165) is 21.7 Å². The monoisotopic (exact) mass is 517 g/mol. The molecule has 0 fully saturated rings. The number of carbonyl (C=O) groups excluding carboxylic acids is 2. The number of amides is 2. The Bertz CT molecular complexity index is 1110. The molecule has 0 aliphatic rings. The maximum absolute atomic E-state index is 13.6. The fourth-order valence-electron chi connectivity index (χ4n) is 3.60. The van der Waals surface area contributed by atoms with Crippen LogP contribution in [0, 0.1) is 5.92 Å². The van der Waals surface area contributed by atoms with Gasteiger partial charge in [-0.2, -0.15) is 0 Å². The van der Waals surface area contributed by atoms with Gasteiger partial charge in [0.1, 0.15) is 18.3 Å². The first-order valence-corrected chi connectivity index (χ1v) is 14.0. The number of sulfonamides is 1. The summed E-state index contributed by atoms with van der Waals surface area (Å²) in [7, 11) is -2.19. The average molecular weight is 518 g/mol. The third-order valence-corrected chi connectivity index (χ3v) is 7.03. The Labute approximate surface area is 215 Å². The Hall–Kier alpha value is -3.07. The van der Waals surface area contributed by atoms with Crippen LogP contribution in [0.3, 0.4) is 0 Å². The highest BCUT2D eigenvalue weighted by atomic mass is 32.2. The van der Waals surface area contributed by atoms with E-state index in [4.69, 9.17) is 4.74 Å². The van der Waals surface area contributed by atoms with Crippen LogP contribution in [0.15, 0.2) is 48.5 Å². The minimum absolute atomic E-state index is 0.142. The minimum Gasteiger partial charge on any atom is -0.497 e. The third-order valence-electron chi connectivity index (χ3n) is 5.89. The highest BCUT2D eigenvalue weighted by molar-refractivity contribution is 7.92. The molecule has 2 aromatic rings. The molecule has 0 saturated carbocycles. The van der Waals surface area contributed by atoms with Crippen molar-refractivity contribution in [2.45, 2.75) is 53.1 Å². The van der Waals surface area contributed by atoms with Crippen molar-refractivity contribution in [1.29, 1.82) is 0 Å². The molecule has 0 bridgehead atoms. The van der Waals surface area contributed by atoms with E-state index < -0.39 is 28.5 Å². The fourth-order valence-corrected chi connectivity index (χ4v) is 4.45. The van der Waals surface area contributed by atoms with Gasteiger partial charge in [0.05, 0.1) is 19.1 Å². The molecule has 2 rings (SSSR count). The van der Waals surface area contributed by atoms with Crippen molar-refractivity contribution in [1.82, 2.24) is 10.2 Å². The van der Waals surface area contributed by atoms with Gasteiger partial charge < -0.3 is 15.0 Å². The standard InChI is InChI=1S/C27H39N3O5S/c1-19(2)16-28-27(32)21(5)29(17-22-8-14-25(35-6)15-9-22)26(31)18-30(36(7,33)34)24-12-10-23(11-13-24)20(3)4/h8-15,19-21H,16-18H2,1-7H3,(H,28,32)/t21-/m1/s1. The van der Waals surface area contributed by atoms with Crippen molar-refractivity contribution in [3.63, 3.8) is 0 Å². The maximum Gasteiger partial charge on any atom is 0.244 e. The van der Waals surface area contributed by atoms with Crippen LogP contribution in [0.25, 0.3) is 0 Å². The number of hydrogen-bond acceptors (Lipinski definition) is 5. The number of carbonyl (C=O) groups is 2. The summed E-state index contributed by atoms with van der Waals surface area (Å²) in [5, 5.41) is 2.87. The number of methoxy groups -OCH3 is 1. The van der Waals surface area contributed by atoms with E-state index in [9.17, 15) is 18.0 Å². The molecule has 1 atom stereocenters. The molecule has 36 heavy (non-hydrogen) atoms. The summed E-state index contributed by atoms with van der Waals surface area (Å²) in [6.45, 7) is 9.93. The van der Waals surface area contributed by atoms with Crippen LogP contribution >= 0.6 is 0 Å². The molecule has 0 radical (unpaired) electrons. The minimum atomic E-state index is -3.76. The van der Waals surface area contributed by atoms with Crippen molar-refractivity contribution < 1.29 is 22.7 Å². The maximum atomic E-state index is 13.6. The first-order chi connectivity index (χ1) is 16.8. The third kappa shape index (κ3) is 8.26. The van der Waals surface area contributed by atoms with E-state index in [2.05, 4.69) is 19.2 Å². The van der Waals surface area contributed by atoms with Crippen LogP contribution in [0.2, 0.25) is 0 Å². The van der Waals surface area contributed by atoms with Gasteiger partial charge in [-0.15, -0.1) is 0 Å². The molecule has 0 heterocycles. The van der Waals surface area contributed by atoms with Gasteiger partial charge in [-0.3, -0.25) is 13.9 Å². The highest BCUT2D eigenvalue weighted by Crippen LogP contribution is 2.23. The number of benzene rings is 2. The molecule has 2 aromatic carbocycles. The smallest absolute Gasteiger partial charge is 0.244 e. The van der Waals surface area contributed by atoms with Crippen molar-refractivity contribution in [2.75, 3.05) is 30.8 Å². The van der Waals surface area contributed by atoms with Gasteiger partial charge in [-0.25, -0.2) is 8.42 Å². The van der Waals surface area contributed by atoms with Crippen LogP contribution in [0.1, 0.15) is 51.7 Å². The van der Waals surface area contributed by atoms with Crippen LogP contribution in [-0.2, 0) is 26.2 Å². The first kappa shape index (κ1) is 29.2. The summed E-state index contributed by atoms with van der Waals surface area (Å²) in [6.07, 6.45) is 1.07. The summed E-state index contributed by atoms with van der Waals surface area (Å²) in [4.78, 5) is 27.9. The summed E-state index contributed by atoms with van der Waals surface area (Å²) >= 11 is 0. The lowest BCUT2D eigenvalue weighted by Gasteiger charge is -2.31. The van der Waals surface area contributed by atoms with E-state index in [1.807, 2.05) is 38.1 Å². The molecular weight excluding hydrogens is 478 g/mol. The predicted molar refractivity (Wildman–Crippen MR) is 144 cm³/mol. The SMILES string of the molecule is COc1ccc(CN(C(=O)CN(c2ccc(C(C)C)cc2)S(C)(=O)=O)[C@H](C)C(=O)NCC(C)C)cc1. The lowest BCUT2D eigenvalue weighted by atomic mass is 10.0. The second kappa shape index (κ2) is 12.8. The number of anilines is 1. The molecule has 0 aliphatic heterocycles. The van der Waals surface area contributed by atoms with Crippen LogP contribution in [-0.4, -0.2) is 57.6 Å². The second-order valence-corrected chi connectivity index (χ2v) is 11.6. The molecule has 0 aliphatic carbocycles. The van der Waals surface area contributed by atoms with Gasteiger partial charge in [0.15, 0.2) is 0 Å². The first-order valence-electron chi connectivity index (χ1n) is 12.1. The molecule has 1 N–H and O–H groups in total. The van der Waals surface area contributed by atoms with Crippen molar-refractivity contribution in [3.8, 4) is 5.75 Å². The lowest BCUT2D eigenvalue weighted by Crippen LogP contribution is -2.51.